The van der Waals surface area contributed by atoms with E-state index in [1.165, 1.54) is 0 Å². The van der Waals surface area contributed by atoms with E-state index in [1.807, 2.05) is 6.92 Å². The lowest BCUT2D eigenvalue weighted by Gasteiger charge is -2.35. The third-order valence-electron chi connectivity index (χ3n) is 4.80. The summed E-state index contributed by atoms with van der Waals surface area (Å²) in [6.07, 6.45) is 6.34. The van der Waals surface area contributed by atoms with Crippen LogP contribution in [0.4, 0.5) is 0 Å². The van der Waals surface area contributed by atoms with Crippen molar-refractivity contribution in [1.29, 1.82) is 0 Å². The molecule has 1 aliphatic carbocycles. The number of carboxylic acids is 1. The second kappa shape index (κ2) is 6.57. The summed E-state index contributed by atoms with van der Waals surface area (Å²) in [6.45, 7) is 3.62. The van der Waals surface area contributed by atoms with E-state index >= 15 is 0 Å². The van der Waals surface area contributed by atoms with Gasteiger partial charge in [0.05, 0.1) is 11.3 Å². The van der Waals surface area contributed by atoms with Gasteiger partial charge in [-0.1, -0.05) is 19.3 Å². The molecule has 114 valence electrons. The fourth-order valence-electron chi connectivity index (χ4n) is 3.37. The van der Waals surface area contributed by atoms with Crippen molar-refractivity contribution in [2.24, 2.45) is 11.3 Å². The molecule has 2 rings (SSSR count). The van der Waals surface area contributed by atoms with Gasteiger partial charge in [0.2, 0.25) is 5.91 Å². The Bertz CT molecular complexity index is 364. The highest BCUT2D eigenvalue weighted by atomic mass is 16.4. The summed E-state index contributed by atoms with van der Waals surface area (Å²) >= 11 is 0. The van der Waals surface area contributed by atoms with Crippen LogP contribution in [0.1, 0.15) is 51.9 Å². The number of piperidine rings is 1. The van der Waals surface area contributed by atoms with Crippen LogP contribution >= 0.6 is 0 Å². The first-order valence-corrected chi connectivity index (χ1v) is 7.77. The van der Waals surface area contributed by atoms with Crippen molar-refractivity contribution in [3.63, 3.8) is 0 Å². The third-order valence-corrected chi connectivity index (χ3v) is 4.80. The summed E-state index contributed by atoms with van der Waals surface area (Å²) in [4.78, 5) is 23.9. The van der Waals surface area contributed by atoms with Crippen molar-refractivity contribution in [2.45, 2.75) is 57.9 Å². The number of carbonyl (C=O) groups excluding carboxylic acids is 1. The van der Waals surface area contributed by atoms with Crippen LogP contribution in [0.15, 0.2) is 0 Å². The van der Waals surface area contributed by atoms with Gasteiger partial charge in [-0.2, -0.15) is 0 Å². The second-order valence-electron chi connectivity index (χ2n) is 6.50. The average Bonchev–Trinajstić information content (AvgIpc) is 2.65. The summed E-state index contributed by atoms with van der Waals surface area (Å²) < 4.78 is 0. The topological polar surface area (TPSA) is 78.4 Å². The summed E-state index contributed by atoms with van der Waals surface area (Å²) in [6, 6.07) is -0.207. The average molecular weight is 282 g/mol. The molecule has 1 saturated heterocycles. The first kappa shape index (κ1) is 15.3. The van der Waals surface area contributed by atoms with E-state index in [4.69, 9.17) is 0 Å². The SMILES string of the molecule is CC1(C(=O)NC2CCCCCC2C(=O)O)CCCNC1. The molecule has 1 amide bonds. The zero-order valence-electron chi connectivity index (χ0n) is 12.3. The molecule has 1 heterocycles. The van der Waals surface area contributed by atoms with Gasteiger partial charge >= 0.3 is 5.97 Å². The van der Waals surface area contributed by atoms with Gasteiger partial charge in [-0.3, -0.25) is 9.59 Å². The highest BCUT2D eigenvalue weighted by Crippen LogP contribution is 2.28. The maximum atomic E-state index is 12.5. The van der Waals surface area contributed by atoms with Crippen LogP contribution in [-0.2, 0) is 9.59 Å². The van der Waals surface area contributed by atoms with Crippen molar-refractivity contribution in [1.82, 2.24) is 10.6 Å². The first-order valence-electron chi connectivity index (χ1n) is 7.77. The van der Waals surface area contributed by atoms with E-state index in [2.05, 4.69) is 10.6 Å². The summed E-state index contributed by atoms with van der Waals surface area (Å²) in [5, 5.41) is 15.7. The monoisotopic (exact) mass is 282 g/mol. The normalized spacial score (nSPS) is 35.0. The number of carbonyl (C=O) groups is 2. The van der Waals surface area contributed by atoms with Crippen LogP contribution in [0.3, 0.4) is 0 Å². The van der Waals surface area contributed by atoms with E-state index < -0.39 is 17.3 Å². The number of nitrogens with one attached hydrogen (secondary N) is 2. The van der Waals surface area contributed by atoms with Crippen LogP contribution in [0.25, 0.3) is 0 Å². The molecule has 5 nitrogen and oxygen atoms in total. The molecule has 0 aromatic heterocycles. The maximum Gasteiger partial charge on any atom is 0.308 e. The minimum atomic E-state index is -0.774. The molecule has 0 spiro atoms. The van der Waals surface area contributed by atoms with Crippen molar-refractivity contribution in [2.75, 3.05) is 13.1 Å². The van der Waals surface area contributed by atoms with Gasteiger partial charge < -0.3 is 15.7 Å². The lowest BCUT2D eigenvalue weighted by atomic mass is 9.81. The molecule has 0 aromatic rings. The Kier molecular flexibility index (Phi) is 5.02. The van der Waals surface area contributed by atoms with Gasteiger partial charge in [-0.15, -0.1) is 0 Å². The zero-order valence-corrected chi connectivity index (χ0v) is 12.3. The summed E-state index contributed by atoms with van der Waals surface area (Å²) in [7, 11) is 0. The molecular weight excluding hydrogens is 256 g/mol. The predicted molar refractivity (Wildman–Crippen MR) is 76.4 cm³/mol. The molecule has 0 bridgehead atoms. The largest absolute Gasteiger partial charge is 0.481 e. The van der Waals surface area contributed by atoms with Crippen molar-refractivity contribution >= 4 is 11.9 Å². The number of hydrogen-bond donors (Lipinski definition) is 3. The molecule has 2 fully saturated rings. The van der Waals surface area contributed by atoms with Crippen LogP contribution in [0.5, 0.6) is 0 Å². The zero-order chi connectivity index (χ0) is 14.6. The van der Waals surface area contributed by atoms with Crippen molar-refractivity contribution in [3.05, 3.63) is 0 Å². The van der Waals surface area contributed by atoms with E-state index in [0.717, 1.165) is 45.1 Å². The molecule has 1 saturated carbocycles. The van der Waals surface area contributed by atoms with Crippen LogP contribution in [-0.4, -0.2) is 36.1 Å². The molecule has 3 atom stereocenters. The van der Waals surface area contributed by atoms with Crippen molar-refractivity contribution in [3.8, 4) is 0 Å². The van der Waals surface area contributed by atoms with E-state index in [9.17, 15) is 14.7 Å². The maximum absolute atomic E-state index is 12.5. The number of hydrogen-bond acceptors (Lipinski definition) is 3. The Labute approximate surface area is 120 Å². The minimum absolute atomic E-state index is 0.0165. The highest BCUT2D eigenvalue weighted by molar-refractivity contribution is 5.83. The van der Waals surface area contributed by atoms with E-state index in [-0.39, 0.29) is 11.9 Å². The van der Waals surface area contributed by atoms with Crippen LogP contribution < -0.4 is 10.6 Å². The molecule has 3 unspecified atom stereocenters. The highest BCUT2D eigenvalue weighted by Gasteiger charge is 2.38. The number of carboxylic acid groups (broad SMARTS) is 1. The Morgan fingerprint density at radius 1 is 1.20 bits per heavy atom. The van der Waals surface area contributed by atoms with Gasteiger partial charge in [0.1, 0.15) is 0 Å². The van der Waals surface area contributed by atoms with Crippen LogP contribution in [0.2, 0.25) is 0 Å². The van der Waals surface area contributed by atoms with Gasteiger partial charge in [-0.05, 0) is 39.2 Å². The Balaban J connectivity index is 2.01. The minimum Gasteiger partial charge on any atom is -0.481 e. The van der Waals surface area contributed by atoms with Crippen molar-refractivity contribution < 1.29 is 14.7 Å². The fourth-order valence-corrected chi connectivity index (χ4v) is 3.37. The van der Waals surface area contributed by atoms with E-state index in [0.29, 0.717) is 13.0 Å². The number of amides is 1. The smallest absolute Gasteiger partial charge is 0.308 e. The molecule has 3 N–H and O–H groups in total. The standard InChI is InChI=1S/C15H26N2O3/c1-15(8-5-9-16-10-15)14(20)17-12-7-4-2-3-6-11(12)13(18)19/h11-12,16H,2-10H2,1H3,(H,17,20)(H,18,19). The van der Waals surface area contributed by atoms with Gasteiger partial charge in [0, 0.05) is 12.6 Å². The summed E-state index contributed by atoms with van der Waals surface area (Å²) in [5.41, 5.74) is -0.395. The van der Waals surface area contributed by atoms with E-state index in [1.54, 1.807) is 0 Å². The number of rotatable bonds is 3. The molecule has 20 heavy (non-hydrogen) atoms. The second-order valence-corrected chi connectivity index (χ2v) is 6.50. The van der Waals surface area contributed by atoms with Gasteiger partial charge in [0.25, 0.3) is 0 Å². The van der Waals surface area contributed by atoms with Gasteiger partial charge in [0.15, 0.2) is 0 Å². The lowest BCUT2D eigenvalue weighted by molar-refractivity contribution is -0.143. The van der Waals surface area contributed by atoms with Crippen LogP contribution in [0, 0.1) is 11.3 Å². The molecule has 5 heteroatoms. The third kappa shape index (κ3) is 3.51. The Morgan fingerprint density at radius 2 is 1.95 bits per heavy atom. The Hall–Kier alpha value is -1.10. The molecule has 2 aliphatic rings. The molecule has 0 aromatic carbocycles. The fraction of sp³-hybridized carbons (Fsp3) is 0.867. The van der Waals surface area contributed by atoms with Gasteiger partial charge in [-0.25, -0.2) is 0 Å². The molecule has 0 radical (unpaired) electrons. The lowest BCUT2D eigenvalue weighted by Crippen LogP contribution is -2.53. The summed E-state index contributed by atoms with van der Waals surface area (Å²) in [5.74, 6) is -1.19. The molecule has 1 aliphatic heterocycles. The first-order chi connectivity index (χ1) is 9.53. The quantitative estimate of drug-likeness (QED) is 0.686. The Morgan fingerprint density at radius 3 is 2.60 bits per heavy atom. The molecular formula is C15H26N2O3. The predicted octanol–water partition coefficient (Wildman–Crippen LogP) is 1.53. The number of aliphatic carboxylic acids is 1.